The number of nitrogens with one attached hydrogen (secondary N) is 2. The van der Waals surface area contributed by atoms with Crippen LogP contribution in [-0.4, -0.2) is 28.8 Å². The van der Waals surface area contributed by atoms with E-state index in [1.807, 2.05) is 36.6 Å². The van der Waals surface area contributed by atoms with Gasteiger partial charge >= 0.3 is 6.03 Å². The molecule has 112 valence electrons. The van der Waals surface area contributed by atoms with Crippen LogP contribution in [0.5, 0.6) is 0 Å². The summed E-state index contributed by atoms with van der Waals surface area (Å²) in [7, 11) is 0. The number of carbonyl (C=O) groups excluding carboxylic acids is 1. The zero-order valence-electron chi connectivity index (χ0n) is 11.9. The van der Waals surface area contributed by atoms with Gasteiger partial charge in [-0.2, -0.15) is 0 Å². The molecule has 0 fully saturated rings. The van der Waals surface area contributed by atoms with E-state index in [0.717, 1.165) is 22.7 Å². The molecular weight excluding hydrogens is 286 g/mol. The SMILES string of the molecule is CCC(CCO)NC(=O)Nc1cccc(-c2nccs2)c1. The van der Waals surface area contributed by atoms with E-state index in [4.69, 9.17) is 5.11 Å². The van der Waals surface area contributed by atoms with Gasteiger partial charge in [0.05, 0.1) is 0 Å². The fourth-order valence-electron chi connectivity index (χ4n) is 1.98. The number of nitrogens with zero attached hydrogens (tertiary/aromatic N) is 1. The average Bonchev–Trinajstić information content (AvgIpc) is 3.01. The van der Waals surface area contributed by atoms with Crippen LogP contribution in [0, 0.1) is 0 Å². The van der Waals surface area contributed by atoms with Gasteiger partial charge < -0.3 is 15.7 Å². The molecule has 0 aliphatic carbocycles. The topological polar surface area (TPSA) is 74.2 Å². The summed E-state index contributed by atoms with van der Waals surface area (Å²) in [5, 5.41) is 17.4. The first-order valence-electron chi connectivity index (χ1n) is 6.91. The van der Waals surface area contributed by atoms with Crippen molar-refractivity contribution in [3.8, 4) is 10.6 Å². The lowest BCUT2D eigenvalue weighted by Gasteiger charge is -2.16. The fourth-order valence-corrected chi connectivity index (χ4v) is 2.62. The predicted octanol–water partition coefficient (Wildman–Crippen LogP) is 3.09. The number of amides is 2. The molecule has 2 rings (SSSR count). The van der Waals surface area contributed by atoms with Gasteiger partial charge in [0.2, 0.25) is 0 Å². The fraction of sp³-hybridized carbons (Fsp3) is 0.333. The largest absolute Gasteiger partial charge is 0.396 e. The van der Waals surface area contributed by atoms with E-state index < -0.39 is 0 Å². The highest BCUT2D eigenvalue weighted by Crippen LogP contribution is 2.24. The number of aromatic nitrogens is 1. The minimum Gasteiger partial charge on any atom is -0.396 e. The molecule has 5 nitrogen and oxygen atoms in total. The number of hydrogen-bond acceptors (Lipinski definition) is 4. The Morgan fingerprint density at radius 3 is 3.00 bits per heavy atom. The average molecular weight is 305 g/mol. The second-order valence-corrected chi connectivity index (χ2v) is 5.53. The number of thiazole rings is 1. The van der Waals surface area contributed by atoms with E-state index in [-0.39, 0.29) is 18.7 Å². The molecule has 0 saturated carbocycles. The van der Waals surface area contributed by atoms with Crippen molar-refractivity contribution in [3.05, 3.63) is 35.8 Å². The van der Waals surface area contributed by atoms with Crippen LogP contribution in [0.4, 0.5) is 10.5 Å². The van der Waals surface area contributed by atoms with Gasteiger partial charge in [0, 0.05) is 35.5 Å². The molecule has 6 heteroatoms. The summed E-state index contributed by atoms with van der Waals surface area (Å²) in [6.45, 7) is 2.04. The zero-order chi connectivity index (χ0) is 15.1. The van der Waals surface area contributed by atoms with Crippen molar-refractivity contribution in [2.24, 2.45) is 0 Å². The van der Waals surface area contributed by atoms with Crippen LogP contribution in [0.3, 0.4) is 0 Å². The summed E-state index contributed by atoms with van der Waals surface area (Å²) in [5.41, 5.74) is 1.70. The first-order chi connectivity index (χ1) is 10.2. The molecular formula is C15H19N3O2S. The van der Waals surface area contributed by atoms with Crippen molar-refractivity contribution in [1.82, 2.24) is 10.3 Å². The van der Waals surface area contributed by atoms with E-state index in [2.05, 4.69) is 15.6 Å². The lowest BCUT2D eigenvalue weighted by molar-refractivity contribution is 0.237. The van der Waals surface area contributed by atoms with Crippen LogP contribution in [0.15, 0.2) is 35.8 Å². The smallest absolute Gasteiger partial charge is 0.319 e. The third-order valence-electron chi connectivity index (χ3n) is 3.11. The summed E-state index contributed by atoms with van der Waals surface area (Å²) < 4.78 is 0. The minimum atomic E-state index is -0.258. The van der Waals surface area contributed by atoms with Gasteiger partial charge in [-0.25, -0.2) is 9.78 Å². The Morgan fingerprint density at radius 2 is 2.33 bits per heavy atom. The number of rotatable bonds is 6. The maximum atomic E-state index is 11.9. The summed E-state index contributed by atoms with van der Waals surface area (Å²) in [6.07, 6.45) is 3.10. The highest BCUT2D eigenvalue weighted by atomic mass is 32.1. The van der Waals surface area contributed by atoms with E-state index in [1.165, 1.54) is 0 Å². The number of aliphatic hydroxyl groups excluding tert-OH is 1. The van der Waals surface area contributed by atoms with Crippen molar-refractivity contribution >= 4 is 23.1 Å². The molecule has 0 saturated heterocycles. The number of aliphatic hydroxyl groups is 1. The highest BCUT2D eigenvalue weighted by molar-refractivity contribution is 7.13. The quantitative estimate of drug-likeness (QED) is 0.767. The van der Waals surface area contributed by atoms with Gasteiger partial charge in [-0.15, -0.1) is 11.3 Å². The third kappa shape index (κ3) is 4.54. The second kappa shape index (κ2) is 7.75. The number of urea groups is 1. The number of hydrogen-bond donors (Lipinski definition) is 3. The molecule has 3 N–H and O–H groups in total. The van der Waals surface area contributed by atoms with Gasteiger partial charge in [0.15, 0.2) is 0 Å². The van der Waals surface area contributed by atoms with E-state index in [9.17, 15) is 4.79 Å². The van der Waals surface area contributed by atoms with Crippen LogP contribution < -0.4 is 10.6 Å². The van der Waals surface area contributed by atoms with Crippen molar-refractivity contribution in [1.29, 1.82) is 0 Å². The first-order valence-corrected chi connectivity index (χ1v) is 7.79. The van der Waals surface area contributed by atoms with Gasteiger partial charge in [0.25, 0.3) is 0 Å². The Kier molecular flexibility index (Phi) is 5.71. The molecule has 0 bridgehead atoms. The van der Waals surface area contributed by atoms with Gasteiger partial charge in [-0.1, -0.05) is 19.1 Å². The Labute approximate surface area is 128 Å². The van der Waals surface area contributed by atoms with E-state index >= 15 is 0 Å². The van der Waals surface area contributed by atoms with Crippen LogP contribution >= 0.6 is 11.3 Å². The third-order valence-corrected chi connectivity index (χ3v) is 3.93. The van der Waals surface area contributed by atoms with Gasteiger partial charge in [0.1, 0.15) is 5.01 Å². The zero-order valence-corrected chi connectivity index (χ0v) is 12.7. The molecule has 0 spiro atoms. The molecule has 2 amide bonds. The van der Waals surface area contributed by atoms with Crippen molar-refractivity contribution in [2.75, 3.05) is 11.9 Å². The van der Waals surface area contributed by atoms with Crippen LogP contribution in [0.2, 0.25) is 0 Å². The van der Waals surface area contributed by atoms with Gasteiger partial charge in [-0.3, -0.25) is 0 Å². The maximum absolute atomic E-state index is 11.9. The molecule has 21 heavy (non-hydrogen) atoms. The van der Waals surface area contributed by atoms with Gasteiger partial charge in [-0.05, 0) is 25.0 Å². The summed E-state index contributed by atoms with van der Waals surface area (Å²) in [5.74, 6) is 0. The Balaban J connectivity index is 1.99. The molecule has 0 aliphatic rings. The number of carbonyl (C=O) groups is 1. The molecule has 0 aliphatic heterocycles. The molecule has 2 aromatic rings. The van der Waals surface area contributed by atoms with Crippen molar-refractivity contribution < 1.29 is 9.90 Å². The van der Waals surface area contributed by atoms with Crippen LogP contribution in [0.1, 0.15) is 19.8 Å². The summed E-state index contributed by atoms with van der Waals surface area (Å²) >= 11 is 1.56. The Bertz CT molecular complexity index is 572. The lowest BCUT2D eigenvalue weighted by atomic mass is 10.1. The number of anilines is 1. The van der Waals surface area contributed by atoms with E-state index in [1.54, 1.807) is 17.5 Å². The lowest BCUT2D eigenvalue weighted by Crippen LogP contribution is -2.38. The van der Waals surface area contributed by atoms with Crippen LogP contribution in [-0.2, 0) is 0 Å². The Hall–Kier alpha value is -1.92. The molecule has 1 aromatic carbocycles. The maximum Gasteiger partial charge on any atom is 0.319 e. The highest BCUT2D eigenvalue weighted by Gasteiger charge is 2.10. The summed E-state index contributed by atoms with van der Waals surface area (Å²) in [4.78, 5) is 16.2. The standard InChI is InChI=1S/C15H19N3O2S/c1-2-12(6-8-19)17-15(20)18-13-5-3-4-11(10-13)14-16-7-9-21-14/h3-5,7,9-10,12,19H,2,6,8H2,1H3,(H2,17,18,20). The van der Waals surface area contributed by atoms with Crippen molar-refractivity contribution in [2.45, 2.75) is 25.8 Å². The second-order valence-electron chi connectivity index (χ2n) is 4.63. The number of benzene rings is 1. The van der Waals surface area contributed by atoms with Crippen LogP contribution in [0.25, 0.3) is 10.6 Å². The molecule has 0 radical (unpaired) electrons. The molecule has 1 unspecified atom stereocenters. The monoisotopic (exact) mass is 305 g/mol. The summed E-state index contributed by atoms with van der Waals surface area (Å²) in [6, 6.07) is 7.30. The molecule has 1 atom stereocenters. The predicted molar refractivity (Wildman–Crippen MR) is 85.5 cm³/mol. The van der Waals surface area contributed by atoms with E-state index in [0.29, 0.717) is 6.42 Å². The Morgan fingerprint density at radius 1 is 1.48 bits per heavy atom. The molecule has 1 heterocycles. The van der Waals surface area contributed by atoms with Crippen molar-refractivity contribution in [3.63, 3.8) is 0 Å². The molecule has 1 aromatic heterocycles. The first kappa shape index (κ1) is 15.5. The normalized spacial score (nSPS) is 11.9. The minimum absolute atomic E-state index is 0.0165.